The number of carbonyl (C=O) groups excluding carboxylic acids is 1. The van der Waals surface area contributed by atoms with Gasteiger partial charge in [0.05, 0.1) is 13.2 Å². The fourth-order valence-corrected chi connectivity index (χ4v) is 1.48. The molecule has 1 aromatic rings. The van der Waals surface area contributed by atoms with Crippen molar-refractivity contribution in [3.05, 3.63) is 35.9 Å². The monoisotopic (exact) mass is 295 g/mol. The van der Waals surface area contributed by atoms with E-state index in [1.807, 2.05) is 30.3 Å². The summed E-state index contributed by atoms with van der Waals surface area (Å²) in [6, 6.07) is 9.17. The van der Waals surface area contributed by atoms with Crippen LogP contribution in [0.3, 0.4) is 0 Å². The van der Waals surface area contributed by atoms with Crippen LogP contribution in [0, 0.1) is 0 Å². The quantitative estimate of drug-likeness (QED) is 0.606. The molecular weight excluding hydrogens is 274 g/mol. The van der Waals surface area contributed by atoms with Gasteiger partial charge in [-0.2, -0.15) is 0 Å². The van der Waals surface area contributed by atoms with Crippen molar-refractivity contribution in [3.8, 4) is 0 Å². The predicted molar refractivity (Wildman–Crippen MR) is 76.5 cm³/mol. The highest BCUT2D eigenvalue weighted by Gasteiger charge is 2.46. The number of rotatable bonds is 6. The number of carboxylic acids is 1. The number of hydrogen-bond acceptors (Lipinski definition) is 5. The molecule has 3 N–H and O–H groups in total. The van der Waals surface area contributed by atoms with Crippen LogP contribution in [0.4, 0.5) is 0 Å². The molecule has 1 atom stereocenters. The molecule has 0 saturated heterocycles. The number of benzene rings is 1. The van der Waals surface area contributed by atoms with Crippen molar-refractivity contribution in [1.29, 1.82) is 0 Å². The lowest BCUT2D eigenvalue weighted by Crippen LogP contribution is -2.60. The van der Waals surface area contributed by atoms with Gasteiger partial charge >= 0.3 is 11.9 Å². The summed E-state index contributed by atoms with van der Waals surface area (Å²) in [5, 5.41) is 9.19. The van der Waals surface area contributed by atoms with Crippen LogP contribution in [0.5, 0.6) is 0 Å². The Bertz CT molecular complexity index is 495. The Morgan fingerprint density at radius 1 is 1.19 bits per heavy atom. The maximum atomic E-state index is 12.0. The molecule has 0 spiro atoms. The van der Waals surface area contributed by atoms with Crippen LogP contribution in [-0.2, 0) is 25.7 Å². The zero-order valence-corrected chi connectivity index (χ0v) is 12.5. The number of aliphatic carboxylic acids is 1. The Labute approximate surface area is 123 Å². The largest absolute Gasteiger partial charge is 0.479 e. The SMILES string of the molecule is CC(C)(C)OC(=O)[C@@](N)(COCc1ccccc1)C(=O)O. The fourth-order valence-electron chi connectivity index (χ4n) is 1.48. The molecule has 0 bridgehead atoms. The summed E-state index contributed by atoms with van der Waals surface area (Å²) in [5.41, 5.74) is 3.47. The molecule has 0 fully saturated rings. The Balaban J connectivity index is 2.68. The Kier molecular flexibility index (Phi) is 5.46. The van der Waals surface area contributed by atoms with E-state index >= 15 is 0 Å². The summed E-state index contributed by atoms with van der Waals surface area (Å²) in [4.78, 5) is 23.2. The van der Waals surface area contributed by atoms with Crippen molar-refractivity contribution in [3.63, 3.8) is 0 Å². The van der Waals surface area contributed by atoms with Gasteiger partial charge in [-0.1, -0.05) is 30.3 Å². The van der Waals surface area contributed by atoms with Gasteiger partial charge in [0.1, 0.15) is 5.60 Å². The lowest BCUT2D eigenvalue weighted by atomic mass is 10.0. The van der Waals surface area contributed by atoms with Crippen LogP contribution in [0.15, 0.2) is 30.3 Å². The Morgan fingerprint density at radius 2 is 1.76 bits per heavy atom. The molecule has 0 aromatic heterocycles. The molecule has 6 nitrogen and oxygen atoms in total. The van der Waals surface area contributed by atoms with Crippen molar-refractivity contribution in [1.82, 2.24) is 0 Å². The number of esters is 1. The Hall–Kier alpha value is -1.92. The second-order valence-electron chi connectivity index (χ2n) is 5.76. The molecule has 1 aromatic carbocycles. The number of hydrogen-bond donors (Lipinski definition) is 2. The minimum absolute atomic E-state index is 0.163. The first-order valence-electron chi connectivity index (χ1n) is 6.52. The van der Waals surface area contributed by atoms with Gasteiger partial charge in [0.2, 0.25) is 5.54 Å². The average molecular weight is 295 g/mol. The molecule has 0 heterocycles. The second kappa shape index (κ2) is 6.69. The third-order valence-corrected chi connectivity index (χ3v) is 2.59. The van der Waals surface area contributed by atoms with E-state index in [0.29, 0.717) is 0 Å². The van der Waals surface area contributed by atoms with E-state index in [1.54, 1.807) is 20.8 Å². The summed E-state index contributed by atoms with van der Waals surface area (Å²) in [6.07, 6.45) is 0. The second-order valence-corrected chi connectivity index (χ2v) is 5.76. The minimum atomic E-state index is -2.22. The fraction of sp³-hybridized carbons (Fsp3) is 0.467. The number of carbonyl (C=O) groups is 2. The zero-order chi connectivity index (χ0) is 16.1. The first kappa shape index (κ1) is 17.1. The van der Waals surface area contributed by atoms with Gasteiger partial charge in [0, 0.05) is 0 Å². The van der Waals surface area contributed by atoms with Crippen LogP contribution in [0.25, 0.3) is 0 Å². The number of nitrogens with two attached hydrogens (primary N) is 1. The molecule has 1 rings (SSSR count). The summed E-state index contributed by atoms with van der Waals surface area (Å²) >= 11 is 0. The molecule has 0 aliphatic rings. The van der Waals surface area contributed by atoms with Gasteiger partial charge in [0.25, 0.3) is 0 Å². The summed E-state index contributed by atoms with van der Waals surface area (Å²) in [6.45, 7) is 4.61. The van der Waals surface area contributed by atoms with Crippen molar-refractivity contribution in [2.75, 3.05) is 6.61 Å². The molecule has 0 saturated carbocycles. The van der Waals surface area contributed by atoms with Crippen LogP contribution in [-0.4, -0.2) is 34.8 Å². The van der Waals surface area contributed by atoms with Crippen molar-refractivity contribution in [2.24, 2.45) is 5.73 Å². The lowest BCUT2D eigenvalue weighted by Gasteiger charge is -2.27. The highest BCUT2D eigenvalue weighted by atomic mass is 16.6. The highest BCUT2D eigenvalue weighted by Crippen LogP contribution is 2.14. The van der Waals surface area contributed by atoms with Gasteiger partial charge in [-0.3, -0.25) is 0 Å². The minimum Gasteiger partial charge on any atom is -0.479 e. The molecule has 116 valence electrons. The van der Waals surface area contributed by atoms with Gasteiger partial charge in [0.15, 0.2) is 0 Å². The van der Waals surface area contributed by atoms with Crippen molar-refractivity contribution >= 4 is 11.9 Å². The molecule has 0 aliphatic carbocycles. The first-order valence-corrected chi connectivity index (χ1v) is 6.52. The molecular formula is C15H21NO5. The van der Waals surface area contributed by atoms with Gasteiger partial charge in [-0.15, -0.1) is 0 Å². The Morgan fingerprint density at radius 3 is 2.24 bits per heavy atom. The lowest BCUT2D eigenvalue weighted by molar-refractivity contribution is -0.172. The molecule has 0 unspecified atom stereocenters. The smallest absolute Gasteiger partial charge is 0.340 e. The maximum absolute atomic E-state index is 12.0. The van der Waals surface area contributed by atoms with E-state index in [4.69, 9.17) is 15.2 Å². The zero-order valence-electron chi connectivity index (χ0n) is 12.5. The third-order valence-electron chi connectivity index (χ3n) is 2.59. The van der Waals surface area contributed by atoms with Gasteiger partial charge in [-0.05, 0) is 26.3 Å². The molecule has 0 radical (unpaired) electrons. The van der Waals surface area contributed by atoms with Crippen molar-refractivity contribution in [2.45, 2.75) is 38.5 Å². The molecule has 6 heteroatoms. The molecule has 0 amide bonds. The topological polar surface area (TPSA) is 98.9 Å². The standard InChI is InChI=1S/C15H21NO5/c1-14(2,3)21-13(19)15(16,12(17)18)10-20-9-11-7-5-4-6-8-11/h4-8H,9-10,16H2,1-3H3,(H,17,18)/t15-/m1/s1. The number of ether oxygens (including phenoxy) is 2. The predicted octanol–water partition coefficient (Wildman–Crippen LogP) is 1.33. The summed E-state index contributed by atoms with van der Waals surface area (Å²) in [5.74, 6) is -2.50. The molecule has 0 aliphatic heterocycles. The van der Waals surface area contributed by atoms with E-state index in [1.165, 1.54) is 0 Å². The van der Waals surface area contributed by atoms with E-state index < -0.39 is 29.7 Å². The van der Waals surface area contributed by atoms with Crippen LogP contribution in [0.2, 0.25) is 0 Å². The first-order chi connectivity index (χ1) is 9.65. The van der Waals surface area contributed by atoms with E-state index in [9.17, 15) is 14.7 Å². The number of carboxylic acid groups (broad SMARTS) is 1. The van der Waals surface area contributed by atoms with E-state index in [2.05, 4.69) is 0 Å². The highest BCUT2D eigenvalue weighted by molar-refractivity contribution is 6.04. The normalized spacial score (nSPS) is 14.3. The molecule has 21 heavy (non-hydrogen) atoms. The third kappa shape index (κ3) is 5.17. The maximum Gasteiger partial charge on any atom is 0.340 e. The van der Waals surface area contributed by atoms with Crippen LogP contribution < -0.4 is 5.73 Å². The average Bonchev–Trinajstić information content (AvgIpc) is 2.37. The van der Waals surface area contributed by atoms with Gasteiger partial charge < -0.3 is 20.3 Å². The van der Waals surface area contributed by atoms with E-state index in [0.717, 1.165) is 5.56 Å². The van der Waals surface area contributed by atoms with Crippen LogP contribution in [0.1, 0.15) is 26.3 Å². The summed E-state index contributed by atoms with van der Waals surface area (Å²) < 4.78 is 10.3. The van der Waals surface area contributed by atoms with E-state index in [-0.39, 0.29) is 6.61 Å². The van der Waals surface area contributed by atoms with Crippen LogP contribution >= 0.6 is 0 Å². The van der Waals surface area contributed by atoms with Gasteiger partial charge in [-0.25, -0.2) is 9.59 Å². The van der Waals surface area contributed by atoms with Crippen molar-refractivity contribution < 1.29 is 24.2 Å². The summed E-state index contributed by atoms with van der Waals surface area (Å²) in [7, 11) is 0.